The normalized spacial score (nSPS) is 12.1. The Morgan fingerprint density at radius 1 is 1.07 bits per heavy atom. The molecule has 1 aromatic heterocycles. The number of aromatic nitrogens is 1. The lowest BCUT2D eigenvalue weighted by atomic mass is 10.1. The number of thioether (sulfide) groups is 1. The molecule has 0 aliphatic carbocycles. The van der Waals surface area contributed by atoms with Crippen LogP contribution < -0.4 is 0 Å². The third-order valence-electron chi connectivity index (χ3n) is 3.14. The summed E-state index contributed by atoms with van der Waals surface area (Å²) in [5.74, 6) is -1.87. The van der Waals surface area contributed by atoms with E-state index < -0.39 is 34.5 Å². The highest BCUT2D eigenvalue weighted by molar-refractivity contribution is 8.13. The first-order chi connectivity index (χ1) is 13.3. The molecule has 10 heteroatoms. The van der Waals surface area contributed by atoms with Crippen LogP contribution in [-0.2, 0) is 19.0 Å². The van der Waals surface area contributed by atoms with Gasteiger partial charge in [0.05, 0.1) is 17.2 Å². The van der Waals surface area contributed by atoms with Crippen molar-refractivity contribution in [3.63, 3.8) is 0 Å². The minimum absolute atomic E-state index is 0.0368. The number of esters is 2. The molecule has 1 unspecified atom stereocenters. The second-order valence-electron chi connectivity index (χ2n) is 5.67. The third-order valence-corrected chi connectivity index (χ3v) is 4.65. The summed E-state index contributed by atoms with van der Waals surface area (Å²) in [4.78, 5) is 40.0. The van der Waals surface area contributed by atoms with E-state index in [9.17, 15) is 14.4 Å². The lowest BCUT2D eigenvalue weighted by Gasteiger charge is -2.18. The lowest BCUT2D eigenvalue weighted by molar-refractivity contribution is -0.176. The van der Waals surface area contributed by atoms with Gasteiger partial charge in [0, 0.05) is 17.3 Å². The van der Waals surface area contributed by atoms with Crippen LogP contribution in [0.25, 0.3) is 10.9 Å². The fourth-order valence-corrected chi connectivity index (χ4v) is 2.89. The molecule has 1 aromatic carbocycles. The number of fused-ring (bicyclic) bond motifs is 1. The Labute approximate surface area is 175 Å². The van der Waals surface area contributed by atoms with Crippen molar-refractivity contribution in [3.05, 3.63) is 42.1 Å². The van der Waals surface area contributed by atoms with Gasteiger partial charge in [-0.1, -0.05) is 18.2 Å². The molecule has 0 amide bonds. The van der Waals surface area contributed by atoms with E-state index in [1.165, 1.54) is 12.3 Å². The maximum Gasteiger partial charge on any atom is 0.389 e. The molecular weight excluding hydrogens is 429 g/mol. The van der Waals surface area contributed by atoms with Gasteiger partial charge in [-0.05, 0) is 37.7 Å². The SMILES string of the molecule is CC(C)OC(=O)C(OC(=O)SCC(Cl)Cl)OC(=O)c1cccc2cccnc12. The molecule has 150 valence electrons. The van der Waals surface area contributed by atoms with Gasteiger partial charge in [-0.15, -0.1) is 23.2 Å². The first-order valence-corrected chi connectivity index (χ1v) is 10.0. The van der Waals surface area contributed by atoms with E-state index in [-0.39, 0.29) is 11.3 Å². The zero-order chi connectivity index (χ0) is 20.7. The van der Waals surface area contributed by atoms with E-state index in [4.69, 9.17) is 37.4 Å². The van der Waals surface area contributed by atoms with Gasteiger partial charge in [0.2, 0.25) is 0 Å². The minimum atomic E-state index is -1.88. The topological polar surface area (TPSA) is 91.8 Å². The smallest absolute Gasteiger partial charge is 0.389 e. The fraction of sp³-hybridized carbons (Fsp3) is 0.333. The van der Waals surface area contributed by atoms with Gasteiger partial charge in [0.15, 0.2) is 0 Å². The van der Waals surface area contributed by atoms with Crippen LogP contribution in [-0.4, -0.2) is 45.2 Å². The van der Waals surface area contributed by atoms with E-state index in [0.29, 0.717) is 22.7 Å². The number of alkyl halides is 2. The highest BCUT2D eigenvalue weighted by Gasteiger charge is 2.31. The van der Waals surface area contributed by atoms with Crippen LogP contribution in [0.5, 0.6) is 0 Å². The van der Waals surface area contributed by atoms with Gasteiger partial charge in [-0.25, -0.2) is 14.4 Å². The van der Waals surface area contributed by atoms with Crippen LogP contribution in [0.1, 0.15) is 24.2 Å². The standard InChI is InChI=1S/C18H17Cl2NO6S/c1-10(2)25-16(23)17(27-18(24)28-9-13(19)20)26-15(22)12-7-3-5-11-6-4-8-21-14(11)12/h3-8,10,13,17H,9H2,1-2H3. The number of ether oxygens (including phenoxy) is 3. The van der Waals surface area contributed by atoms with Gasteiger partial charge >= 0.3 is 23.5 Å². The van der Waals surface area contributed by atoms with Crippen molar-refractivity contribution in [1.82, 2.24) is 4.98 Å². The summed E-state index contributed by atoms with van der Waals surface area (Å²) in [6, 6.07) is 8.40. The first-order valence-electron chi connectivity index (χ1n) is 8.14. The monoisotopic (exact) mass is 445 g/mol. The largest absolute Gasteiger partial charge is 0.457 e. The number of rotatable bonds is 7. The van der Waals surface area contributed by atoms with Crippen molar-refractivity contribution in [2.75, 3.05) is 5.75 Å². The second-order valence-corrected chi connectivity index (χ2v) is 7.91. The van der Waals surface area contributed by atoms with Crippen LogP contribution in [0.4, 0.5) is 4.79 Å². The van der Waals surface area contributed by atoms with Crippen LogP contribution in [0, 0.1) is 0 Å². The maximum absolute atomic E-state index is 12.6. The van der Waals surface area contributed by atoms with Crippen molar-refractivity contribution in [2.24, 2.45) is 0 Å². The average Bonchev–Trinajstić information content (AvgIpc) is 2.64. The van der Waals surface area contributed by atoms with Crippen molar-refractivity contribution >= 4 is 63.1 Å². The summed E-state index contributed by atoms with van der Waals surface area (Å²) in [6.07, 6.45) is -0.859. The number of nitrogens with zero attached hydrogens (tertiary/aromatic N) is 1. The van der Waals surface area contributed by atoms with Gasteiger partial charge in [-0.2, -0.15) is 0 Å². The number of pyridine rings is 1. The molecule has 2 aromatic rings. The molecule has 28 heavy (non-hydrogen) atoms. The first kappa shape index (κ1) is 22.3. The Bertz CT molecular complexity index is 856. The molecule has 0 saturated carbocycles. The minimum Gasteiger partial charge on any atom is -0.457 e. The van der Waals surface area contributed by atoms with Crippen LogP contribution >= 0.6 is 35.0 Å². The molecule has 0 N–H and O–H groups in total. The molecule has 0 fully saturated rings. The van der Waals surface area contributed by atoms with Crippen LogP contribution in [0.2, 0.25) is 0 Å². The van der Waals surface area contributed by atoms with Crippen LogP contribution in [0.3, 0.4) is 0 Å². The number of carbonyl (C=O) groups excluding carboxylic acids is 3. The van der Waals surface area contributed by atoms with Gasteiger partial charge < -0.3 is 14.2 Å². The third kappa shape index (κ3) is 6.54. The average molecular weight is 446 g/mol. The van der Waals surface area contributed by atoms with E-state index in [0.717, 1.165) is 0 Å². The number of carbonyl (C=O) groups is 3. The molecule has 0 bridgehead atoms. The fourth-order valence-electron chi connectivity index (χ4n) is 2.09. The van der Waals surface area contributed by atoms with E-state index >= 15 is 0 Å². The van der Waals surface area contributed by atoms with Crippen molar-refractivity contribution in [1.29, 1.82) is 0 Å². The van der Waals surface area contributed by atoms with Crippen molar-refractivity contribution in [3.8, 4) is 0 Å². The summed E-state index contributed by atoms with van der Waals surface area (Å²) in [5, 5.41) is -0.179. The zero-order valence-corrected chi connectivity index (χ0v) is 17.3. The Morgan fingerprint density at radius 2 is 1.79 bits per heavy atom. The van der Waals surface area contributed by atoms with Gasteiger partial charge in [-0.3, -0.25) is 4.98 Å². The summed E-state index contributed by atoms with van der Waals surface area (Å²) in [6.45, 7) is 3.21. The highest BCUT2D eigenvalue weighted by Crippen LogP contribution is 2.20. The highest BCUT2D eigenvalue weighted by atomic mass is 35.5. The number of halogens is 2. The number of hydrogen-bond acceptors (Lipinski definition) is 8. The van der Waals surface area contributed by atoms with Crippen LogP contribution in [0.15, 0.2) is 36.5 Å². The molecular formula is C18H17Cl2NO6S. The zero-order valence-electron chi connectivity index (χ0n) is 15.0. The Morgan fingerprint density at radius 3 is 2.46 bits per heavy atom. The lowest BCUT2D eigenvalue weighted by Crippen LogP contribution is -2.34. The second kappa shape index (κ2) is 10.5. The number of para-hydroxylation sites is 1. The quantitative estimate of drug-likeness (QED) is 0.352. The molecule has 1 atom stereocenters. The summed E-state index contributed by atoms with van der Waals surface area (Å²) in [5.41, 5.74) is 0.504. The predicted molar refractivity (Wildman–Crippen MR) is 107 cm³/mol. The number of benzene rings is 1. The van der Waals surface area contributed by atoms with Gasteiger partial charge in [0.25, 0.3) is 0 Å². The molecule has 0 aliphatic rings. The van der Waals surface area contributed by atoms with Gasteiger partial charge in [0.1, 0.15) is 4.84 Å². The summed E-state index contributed by atoms with van der Waals surface area (Å²) in [7, 11) is 0. The Kier molecular flexibility index (Phi) is 8.35. The Hall–Kier alpha value is -2.03. The molecule has 0 saturated heterocycles. The van der Waals surface area contributed by atoms with E-state index in [1.54, 1.807) is 38.1 Å². The summed E-state index contributed by atoms with van der Waals surface area (Å²) >= 11 is 11.8. The van der Waals surface area contributed by atoms with Crippen molar-refractivity contribution < 1.29 is 28.6 Å². The summed E-state index contributed by atoms with van der Waals surface area (Å²) < 4.78 is 15.0. The van der Waals surface area contributed by atoms with Crippen molar-refractivity contribution in [2.45, 2.75) is 31.1 Å². The number of hydrogen-bond donors (Lipinski definition) is 0. The molecule has 7 nitrogen and oxygen atoms in total. The maximum atomic E-state index is 12.6. The van der Waals surface area contributed by atoms with E-state index in [2.05, 4.69) is 4.98 Å². The van der Waals surface area contributed by atoms with E-state index in [1.807, 2.05) is 0 Å². The Balaban J connectivity index is 2.19. The molecule has 0 spiro atoms. The molecule has 1 heterocycles. The molecule has 0 radical (unpaired) electrons. The predicted octanol–water partition coefficient (Wildman–Crippen LogP) is 4.34. The molecule has 0 aliphatic heterocycles. The molecule has 2 rings (SSSR count).